The number of aliphatic imine (C=N–C) groups is 1. The van der Waals surface area contributed by atoms with Gasteiger partial charge in [0, 0.05) is 5.56 Å². The summed E-state index contributed by atoms with van der Waals surface area (Å²) in [7, 11) is 0. The molecule has 0 bridgehead atoms. The van der Waals surface area contributed by atoms with Crippen molar-refractivity contribution in [2.45, 2.75) is 6.92 Å². The molecule has 0 unspecified atom stereocenters. The molecule has 0 aliphatic rings. The van der Waals surface area contributed by atoms with Gasteiger partial charge in [-0.15, -0.1) is 0 Å². The van der Waals surface area contributed by atoms with Crippen molar-refractivity contribution in [1.29, 1.82) is 0 Å². The number of rotatable bonds is 7. The zero-order valence-corrected chi connectivity index (χ0v) is 31.0. The van der Waals surface area contributed by atoms with E-state index in [1.165, 1.54) is 59.8 Å². The van der Waals surface area contributed by atoms with Crippen molar-refractivity contribution in [3.8, 4) is 22.3 Å². The molecule has 55 heavy (non-hydrogen) atoms. The van der Waals surface area contributed by atoms with Gasteiger partial charge in [0.25, 0.3) is 0 Å². The molecule has 0 aliphatic heterocycles. The van der Waals surface area contributed by atoms with Crippen LogP contribution in [0.4, 0.5) is 0 Å². The van der Waals surface area contributed by atoms with Gasteiger partial charge in [0.05, 0.1) is 11.4 Å². The molecule has 262 valence electrons. The van der Waals surface area contributed by atoms with E-state index in [1.807, 2.05) is 55.5 Å². The van der Waals surface area contributed by atoms with Gasteiger partial charge in [-0.05, 0) is 108 Å². The standard InChI is InChI=1S/C45H31N.C9H10/c1-3-44(46-30(2)31-13-5-4-6-14-31)37-18-12-17-34(29-37)32-15-11-16-33(27-32)35-23-25-38-36(28-35)24-26-43-41-21-8-7-19-39(41)40-20-9-10-22-42(40)45(38)43;1-8(2)9-6-4-3-5-7-9/h3-29H,1-2H2;3-7H,1H2,2H3. The summed E-state index contributed by atoms with van der Waals surface area (Å²) in [6, 6.07) is 66.5. The molecule has 0 aliphatic carbocycles. The van der Waals surface area contributed by atoms with Crippen LogP contribution in [0.15, 0.2) is 219 Å². The van der Waals surface area contributed by atoms with Gasteiger partial charge >= 0.3 is 0 Å². The molecular formula is C54H41N. The molecule has 1 heteroatoms. The normalized spacial score (nSPS) is 11.3. The van der Waals surface area contributed by atoms with Gasteiger partial charge in [-0.3, -0.25) is 0 Å². The number of allylic oxidation sites excluding steroid dienone is 2. The van der Waals surface area contributed by atoms with Crippen LogP contribution in [0.2, 0.25) is 0 Å². The Balaban J connectivity index is 0.000000419. The van der Waals surface area contributed by atoms with Crippen molar-refractivity contribution in [2.24, 2.45) is 4.99 Å². The van der Waals surface area contributed by atoms with Crippen LogP contribution in [-0.2, 0) is 0 Å². The van der Waals surface area contributed by atoms with Crippen LogP contribution in [-0.4, -0.2) is 5.71 Å². The first-order chi connectivity index (χ1) is 27.0. The largest absolute Gasteiger partial charge is 0.248 e. The summed E-state index contributed by atoms with van der Waals surface area (Å²) in [6.07, 6.45) is 1.80. The van der Waals surface area contributed by atoms with Gasteiger partial charge in [-0.1, -0.05) is 195 Å². The first kappa shape index (κ1) is 35.0. The average Bonchev–Trinajstić information content (AvgIpc) is 3.26. The molecule has 0 N–H and O–H groups in total. The Labute approximate surface area is 323 Å². The molecule has 0 amide bonds. The van der Waals surface area contributed by atoms with E-state index >= 15 is 0 Å². The average molecular weight is 704 g/mol. The van der Waals surface area contributed by atoms with Gasteiger partial charge < -0.3 is 0 Å². The molecular weight excluding hydrogens is 663 g/mol. The fraction of sp³-hybridized carbons (Fsp3) is 0.0185. The Morgan fingerprint density at radius 3 is 1.49 bits per heavy atom. The van der Waals surface area contributed by atoms with Crippen molar-refractivity contribution < 1.29 is 0 Å². The van der Waals surface area contributed by atoms with Gasteiger partial charge in [-0.2, -0.15) is 0 Å². The second kappa shape index (κ2) is 15.5. The zero-order valence-electron chi connectivity index (χ0n) is 31.0. The topological polar surface area (TPSA) is 12.4 Å². The molecule has 0 spiro atoms. The predicted molar refractivity (Wildman–Crippen MR) is 241 cm³/mol. The maximum atomic E-state index is 4.83. The molecule has 0 fully saturated rings. The Morgan fingerprint density at radius 1 is 0.418 bits per heavy atom. The highest BCUT2D eigenvalue weighted by Crippen LogP contribution is 2.40. The lowest BCUT2D eigenvalue weighted by atomic mass is 9.90. The van der Waals surface area contributed by atoms with Crippen LogP contribution >= 0.6 is 0 Å². The van der Waals surface area contributed by atoms with Crippen LogP contribution < -0.4 is 0 Å². The molecule has 9 aromatic rings. The Morgan fingerprint density at radius 2 is 0.891 bits per heavy atom. The van der Waals surface area contributed by atoms with Gasteiger partial charge in [-0.25, -0.2) is 4.99 Å². The Kier molecular flexibility index (Phi) is 9.84. The van der Waals surface area contributed by atoms with E-state index in [0.29, 0.717) is 5.70 Å². The second-order valence-corrected chi connectivity index (χ2v) is 13.8. The first-order valence-electron chi connectivity index (χ1n) is 18.6. The van der Waals surface area contributed by atoms with Gasteiger partial charge in [0.15, 0.2) is 0 Å². The lowest BCUT2D eigenvalue weighted by molar-refractivity contribution is 1.50. The fourth-order valence-electron chi connectivity index (χ4n) is 7.44. The van der Waals surface area contributed by atoms with Crippen molar-refractivity contribution in [3.05, 3.63) is 231 Å². The summed E-state index contributed by atoms with van der Waals surface area (Å²) >= 11 is 0. The zero-order chi connectivity index (χ0) is 37.7. The highest BCUT2D eigenvalue weighted by atomic mass is 14.8. The van der Waals surface area contributed by atoms with E-state index in [4.69, 9.17) is 4.99 Å². The summed E-state index contributed by atoms with van der Waals surface area (Å²) < 4.78 is 0. The van der Waals surface area contributed by atoms with Crippen molar-refractivity contribution in [3.63, 3.8) is 0 Å². The van der Waals surface area contributed by atoms with E-state index in [9.17, 15) is 0 Å². The van der Waals surface area contributed by atoms with Gasteiger partial charge in [0.1, 0.15) is 0 Å². The van der Waals surface area contributed by atoms with E-state index < -0.39 is 0 Å². The molecule has 0 radical (unpaired) electrons. The van der Waals surface area contributed by atoms with Crippen molar-refractivity contribution in [1.82, 2.24) is 0 Å². The minimum atomic E-state index is 0.716. The fourth-order valence-corrected chi connectivity index (χ4v) is 7.44. The number of fused-ring (bicyclic) bond motifs is 8. The maximum Gasteiger partial charge on any atom is 0.0703 e. The molecule has 0 heterocycles. The highest BCUT2D eigenvalue weighted by molar-refractivity contribution is 6.31. The lowest BCUT2D eigenvalue weighted by Gasteiger charge is -2.14. The number of hydrogen-bond acceptors (Lipinski definition) is 1. The summed E-state index contributed by atoms with van der Waals surface area (Å²) in [4.78, 5) is 4.83. The number of hydrogen-bond donors (Lipinski definition) is 0. The van der Waals surface area contributed by atoms with Crippen LogP contribution in [0, 0.1) is 0 Å². The molecule has 0 saturated carbocycles. The van der Waals surface area contributed by atoms with Crippen LogP contribution in [0.3, 0.4) is 0 Å². The van der Waals surface area contributed by atoms with Gasteiger partial charge in [0.2, 0.25) is 0 Å². The molecule has 9 rings (SSSR count). The van der Waals surface area contributed by atoms with Crippen molar-refractivity contribution >= 4 is 60.1 Å². The highest BCUT2D eigenvalue weighted by Gasteiger charge is 2.12. The summed E-state index contributed by atoms with van der Waals surface area (Å²) in [5.74, 6) is 0. The predicted octanol–water partition coefficient (Wildman–Crippen LogP) is 15.0. The van der Waals surface area contributed by atoms with Crippen LogP contribution in [0.5, 0.6) is 0 Å². The third-order valence-corrected chi connectivity index (χ3v) is 10.2. The molecule has 0 saturated heterocycles. The first-order valence-corrected chi connectivity index (χ1v) is 18.6. The number of nitrogens with zero attached hydrogens (tertiary/aromatic N) is 1. The van der Waals surface area contributed by atoms with Crippen LogP contribution in [0.1, 0.15) is 23.6 Å². The van der Waals surface area contributed by atoms with E-state index in [2.05, 4.69) is 159 Å². The Hall–Kier alpha value is -7.09. The number of benzene rings is 9. The summed E-state index contributed by atoms with van der Waals surface area (Å²) in [6.45, 7) is 14.1. The third kappa shape index (κ3) is 7.17. The maximum absolute atomic E-state index is 4.83. The molecule has 0 aromatic heterocycles. The van der Waals surface area contributed by atoms with E-state index in [1.54, 1.807) is 6.08 Å². The smallest absolute Gasteiger partial charge is 0.0703 e. The monoisotopic (exact) mass is 703 g/mol. The van der Waals surface area contributed by atoms with E-state index in [-0.39, 0.29) is 0 Å². The Bertz CT molecular complexity index is 2880. The van der Waals surface area contributed by atoms with E-state index in [0.717, 1.165) is 33.5 Å². The SMILES string of the molecule is C=C(C)c1ccccc1.C=CC(=NC(=C)c1ccccc1)c1cccc(-c2cccc(-c3ccc4c(ccc5c6ccccc6c6ccccc6c45)c3)c2)c1. The third-order valence-electron chi connectivity index (χ3n) is 10.2. The molecule has 0 atom stereocenters. The van der Waals surface area contributed by atoms with Crippen molar-refractivity contribution in [2.75, 3.05) is 0 Å². The minimum Gasteiger partial charge on any atom is -0.248 e. The molecule has 1 nitrogen and oxygen atoms in total. The molecule has 9 aromatic carbocycles. The second-order valence-electron chi connectivity index (χ2n) is 13.8. The summed E-state index contributed by atoms with van der Waals surface area (Å²) in [5.41, 5.74) is 10.5. The minimum absolute atomic E-state index is 0.716. The summed E-state index contributed by atoms with van der Waals surface area (Å²) in [5, 5.41) is 10.3. The van der Waals surface area contributed by atoms with Crippen LogP contribution in [0.25, 0.3) is 76.6 Å². The lowest BCUT2D eigenvalue weighted by Crippen LogP contribution is -1.97. The quantitative estimate of drug-likeness (QED) is 0.116.